The average molecular weight is 313 g/mol. The molecule has 0 spiro atoms. The zero-order valence-corrected chi connectivity index (χ0v) is 11.8. The highest BCUT2D eigenvalue weighted by atomic mass is 19.1. The van der Waals surface area contributed by atoms with Crippen molar-refractivity contribution in [3.63, 3.8) is 0 Å². The van der Waals surface area contributed by atoms with Gasteiger partial charge in [0, 0.05) is 12.3 Å². The summed E-state index contributed by atoms with van der Waals surface area (Å²) in [6, 6.07) is 6.04. The highest BCUT2D eigenvalue weighted by Crippen LogP contribution is 2.12. The van der Waals surface area contributed by atoms with Crippen LogP contribution in [0.5, 0.6) is 0 Å². The van der Waals surface area contributed by atoms with E-state index in [1.54, 1.807) is 23.0 Å². The van der Waals surface area contributed by atoms with Crippen molar-refractivity contribution < 1.29 is 14.3 Å². The van der Waals surface area contributed by atoms with Crippen molar-refractivity contribution in [3.8, 4) is 0 Å². The normalized spacial score (nSPS) is 11.6. The number of aliphatic hydroxyl groups is 1. The number of ketones is 1. The fourth-order valence-electron chi connectivity index (χ4n) is 1.96. The molecule has 0 aliphatic rings. The lowest BCUT2D eigenvalue weighted by molar-refractivity contribution is 0.103. The maximum atomic E-state index is 12.9. The van der Waals surface area contributed by atoms with Gasteiger partial charge in [-0.05, 0) is 17.7 Å². The quantitative estimate of drug-likeness (QED) is 0.426. The SMILES string of the molecule is O=C(C=C(O)c1cnn(Cc2ccc(F)cc2)c1)c1ncn[nH]1. The molecule has 2 heterocycles. The van der Waals surface area contributed by atoms with Gasteiger partial charge in [0.25, 0.3) is 0 Å². The van der Waals surface area contributed by atoms with Crippen LogP contribution in [-0.4, -0.2) is 35.9 Å². The van der Waals surface area contributed by atoms with E-state index >= 15 is 0 Å². The minimum absolute atomic E-state index is 0.0373. The second-order valence-corrected chi connectivity index (χ2v) is 4.78. The summed E-state index contributed by atoms with van der Waals surface area (Å²) < 4.78 is 14.4. The summed E-state index contributed by atoms with van der Waals surface area (Å²) in [5.74, 6) is -0.986. The van der Waals surface area contributed by atoms with Gasteiger partial charge in [-0.15, -0.1) is 0 Å². The number of hydrogen-bond donors (Lipinski definition) is 2. The molecule has 0 unspecified atom stereocenters. The summed E-state index contributed by atoms with van der Waals surface area (Å²) in [6.45, 7) is 0.420. The van der Waals surface area contributed by atoms with Crippen molar-refractivity contribution in [2.45, 2.75) is 6.54 Å². The van der Waals surface area contributed by atoms with Crippen molar-refractivity contribution in [1.82, 2.24) is 25.0 Å². The van der Waals surface area contributed by atoms with Gasteiger partial charge in [-0.3, -0.25) is 14.6 Å². The van der Waals surface area contributed by atoms with Crippen LogP contribution in [0.2, 0.25) is 0 Å². The molecular formula is C15H12FN5O2. The van der Waals surface area contributed by atoms with Gasteiger partial charge in [0.1, 0.15) is 17.9 Å². The first-order valence-electron chi connectivity index (χ1n) is 6.69. The summed E-state index contributed by atoms with van der Waals surface area (Å²) in [6.07, 6.45) is 5.27. The first-order valence-corrected chi connectivity index (χ1v) is 6.69. The Balaban J connectivity index is 1.73. The van der Waals surface area contributed by atoms with Gasteiger partial charge in [0.15, 0.2) is 5.82 Å². The largest absolute Gasteiger partial charge is 0.507 e. The van der Waals surface area contributed by atoms with E-state index in [0.717, 1.165) is 11.6 Å². The van der Waals surface area contributed by atoms with Gasteiger partial charge in [0.05, 0.1) is 18.3 Å². The standard InChI is InChI=1S/C15H12FN5O2/c16-12-3-1-10(2-4-12)7-21-8-11(6-19-21)13(22)5-14(23)15-17-9-18-20-15/h1-6,8-9,22H,7H2,(H,17,18,20). The Hall–Kier alpha value is -3.29. The Morgan fingerprint density at radius 2 is 2.13 bits per heavy atom. The lowest BCUT2D eigenvalue weighted by Crippen LogP contribution is -2.00. The Kier molecular flexibility index (Phi) is 3.96. The van der Waals surface area contributed by atoms with Crippen molar-refractivity contribution in [2.24, 2.45) is 0 Å². The number of H-pyrrole nitrogens is 1. The van der Waals surface area contributed by atoms with Gasteiger partial charge in [0.2, 0.25) is 5.78 Å². The van der Waals surface area contributed by atoms with Crippen LogP contribution in [-0.2, 0) is 6.54 Å². The predicted octanol–water partition coefficient (Wildman–Crippen LogP) is 1.97. The van der Waals surface area contributed by atoms with E-state index in [0.29, 0.717) is 12.1 Å². The highest BCUT2D eigenvalue weighted by Gasteiger charge is 2.10. The van der Waals surface area contributed by atoms with Crippen molar-refractivity contribution in [1.29, 1.82) is 0 Å². The lowest BCUT2D eigenvalue weighted by atomic mass is 10.2. The summed E-state index contributed by atoms with van der Waals surface area (Å²) in [4.78, 5) is 15.5. The van der Waals surface area contributed by atoms with Crippen LogP contribution < -0.4 is 0 Å². The third-order valence-electron chi connectivity index (χ3n) is 3.10. The van der Waals surface area contributed by atoms with Crippen LogP contribution in [0.1, 0.15) is 21.7 Å². The molecule has 0 bridgehead atoms. The van der Waals surface area contributed by atoms with E-state index in [1.807, 2.05) is 0 Å². The number of aromatic amines is 1. The Morgan fingerprint density at radius 3 is 2.83 bits per heavy atom. The summed E-state index contributed by atoms with van der Waals surface area (Å²) in [5, 5.41) is 20.1. The summed E-state index contributed by atoms with van der Waals surface area (Å²) in [7, 11) is 0. The van der Waals surface area contributed by atoms with E-state index < -0.39 is 5.78 Å². The number of aromatic nitrogens is 5. The second-order valence-electron chi connectivity index (χ2n) is 4.78. The average Bonchev–Trinajstić information content (AvgIpc) is 3.21. The van der Waals surface area contributed by atoms with Gasteiger partial charge in [-0.25, -0.2) is 9.37 Å². The van der Waals surface area contributed by atoms with Crippen molar-refractivity contribution in [3.05, 3.63) is 71.8 Å². The van der Waals surface area contributed by atoms with Gasteiger partial charge >= 0.3 is 0 Å². The van der Waals surface area contributed by atoms with E-state index in [2.05, 4.69) is 20.3 Å². The first kappa shape index (κ1) is 14.6. The van der Waals surface area contributed by atoms with Gasteiger partial charge in [-0.1, -0.05) is 12.1 Å². The number of rotatable bonds is 5. The molecule has 1 aromatic carbocycles. The zero-order chi connectivity index (χ0) is 16.2. The van der Waals surface area contributed by atoms with Crippen LogP contribution in [0, 0.1) is 5.82 Å². The van der Waals surface area contributed by atoms with Crippen molar-refractivity contribution in [2.75, 3.05) is 0 Å². The number of nitrogens with one attached hydrogen (secondary N) is 1. The number of halogens is 1. The monoisotopic (exact) mass is 313 g/mol. The fourth-order valence-corrected chi connectivity index (χ4v) is 1.96. The number of aliphatic hydroxyl groups excluding tert-OH is 1. The van der Waals surface area contributed by atoms with Crippen LogP contribution in [0.25, 0.3) is 5.76 Å². The van der Waals surface area contributed by atoms with Crippen LogP contribution in [0.4, 0.5) is 4.39 Å². The third-order valence-corrected chi connectivity index (χ3v) is 3.10. The Labute approximate surface area is 130 Å². The molecule has 23 heavy (non-hydrogen) atoms. The first-order chi connectivity index (χ1) is 11.1. The molecule has 2 N–H and O–H groups in total. The molecule has 0 radical (unpaired) electrons. The molecule has 0 amide bonds. The second kappa shape index (κ2) is 6.22. The van der Waals surface area contributed by atoms with Gasteiger partial charge < -0.3 is 5.11 Å². The number of hydrogen-bond acceptors (Lipinski definition) is 5. The molecule has 7 nitrogen and oxygen atoms in total. The molecule has 116 valence electrons. The molecule has 0 aliphatic carbocycles. The minimum Gasteiger partial charge on any atom is -0.507 e. The number of carbonyl (C=O) groups is 1. The van der Waals surface area contributed by atoms with Crippen molar-refractivity contribution >= 4 is 11.5 Å². The molecule has 8 heteroatoms. The molecule has 0 fully saturated rings. The molecule has 3 aromatic rings. The highest BCUT2D eigenvalue weighted by molar-refractivity contribution is 6.05. The molecule has 0 saturated heterocycles. The van der Waals surface area contributed by atoms with Gasteiger partial charge in [-0.2, -0.15) is 10.2 Å². The van der Waals surface area contributed by atoms with Crippen LogP contribution >= 0.6 is 0 Å². The molecule has 0 saturated carbocycles. The van der Waals surface area contributed by atoms with E-state index in [9.17, 15) is 14.3 Å². The fraction of sp³-hybridized carbons (Fsp3) is 0.0667. The summed E-state index contributed by atoms with van der Waals surface area (Å²) in [5.41, 5.74) is 1.25. The summed E-state index contributed by atoms with van der Waals surface area (Å²) >= 11 is 0. The topological polar surface area (TPSA) is 96.7 Å². The number of carbonyl (C=O) groups excluding carboxylic acids is 1. The Bertz CT molecular complexity index is 837. The zero-order valence-electron chi connectivity index (χ0n) is 11.8. The maximum Gasteiger partial charge on any atom is 0.226 e. The van der Waals surface area contributed by atoms with Crippen LogP contribution in [0.15, 0.2) is 49.1 Å². The molecule has 2 aromatic heterocycles. The minimum atomic E-state index is -0.494. The van der Waals surface area contributed by atoms with Crippen LogP contribution in [0.3, 0.4) is 0 Å². The molecular weight excluding hydrogens is 301 g/mol. The predicted molar refractivity (Wildman–Crippen MR) is 79.0 cm³/mol. The maximum absolute atomic E-state index is 12.9. The lowest BCUT2D eigenvalue weighted by Gasteiger charge is -2.01. The molecule has 0 atom stereocenters. The van der Waals surface area contributed by atoms with E-state index in [1.165, 1.54) is 24.7 Å². The third kappa shape index (κ3) is 3.49. The smallest absolute Gasteiger partial charge is 0.226 e. The molecule has 3 rings (SSSR count). The number of benzene rings is 1. The number of allylic oxidation sites excluding steroid dienone is 1. The van der Waals surface area contributed by atoms with E-state index in [4.69, 9.17) is 0 Å². The Morgan fingerprint density at radius 1 is 1.35 bits per heavy atom. The van der Waals surface area contributed by atoms with E-state index in [-0.39, 0.29) is 17.4 Å². The molecule has 0 aliphatic heterocycles. The number of nitrogens with zero attached hydrogens (tertiary/aromatic N) is 4.